The number of alkyl halides is 2. The first-order chi connectivity index (χ1) is 9.95. The van der Waals surface area contributed by atoms with E-state index in [2.05, 4.69) is 15.0 Å². The van der Waals surface area contributed by atoms with Gasteiger partial charge in [0.25, 0.3) is 0 Å². The van der Waals surface area contributed by atoms with Gasteiger partial charge in [0, 0.05) is 5.69 Å². The van der Waals surface area contributed by atoms with Crippen molar-refractivity contribution in [2.75, 3.05) is 5.32 Å². The van der Waals surface area contributed by atoms with Gasteiger partial charge in [0.05, 0.1) is 11.3 Å². The molecular weight excluding hydrogens is 282 g/mol. The van der Waals surface area contributed by atoms with E-state index in [-0.39, 0.29) is 22.8 Å². The summed E-state index contributed by atoms with van der Waals surface area (Å²) >= 11 is 0. The molecule has 0 aliphatic carbocycles. The van der Waals surface area contributed by atoms with E-state index in [9.17, 15) is 13.6 Å². The van der Waals surface area contributed by atoms with Crippen LogP contribution in [0.1, 0.15) is 16.1 Å². The number of aromatic carboxylic acids is 1. The molecule has 110 valence electrons. The van der Waals surface area contributed by atoms with E-state index in [1.54, 1.807) is 19.1 Å². The Kier molecular flexibility index (Phi) is 4.32. The summed E-state index contributed by atoms with van der Waals surface area (Å²) in [6.07, 6.45) is 0. The molecule has 1 aromatic carbocycles. The molecule has 0 bridgehead atoms. The minimum Gasteiger partial charge on any atom is -0.478 e. The van der Waals surface area contributed by atoms with Gasteiger partial charge in [-0.3, -0.25) is 0 Å². The topological polar surface area (TPSA) is 71.5 Å². The molecule has 1 heterocycles. The summed E-state index contributed by atoms with van der Waals surface area (Å²) in [5, 5.41) is 11.8. The number of carboxylic acids is 1. The zero-order valence-electron chi connectivity index (χ0n) is 11.0. The maximum atomic E-state index is 12.3. The van der Waals surface area contributed by atoms with Crippen LogP contribution in [0.15, 0.2) is 36.4 Å². The van der Waals surface area contributed by atoms with Gasteiger partial charge in [0.15, 0.2) is 0 Å². The van der Waals surface area contributed by atoms with Gasteiger partial charge in [0.2, 0.25) is 0 Å². The number of aromatic nitrogens is 1. The van der Waals surface area contributed by atoms with Crippen molar-refractivity contribution in [1.82, 2.24) is 4.98 Å². The van der Waals surface area contributed by atoms with Crippen LogP contribution in [0.5, 0.6) is 5.75 Å². The van der Waals surface area contributed by atoms with Crippen molar-refractivity contribution in [1.29, 1.82) is 0 Å². The van der Waals surface area contributed by atoms with E-state index < -0.39 is 12.6 Å². The van der Waals surface area contributed by atoms with Crippen LogP contribution in [-0.2, 0) is 0 Å². The lowest BCUT2D eigenvalue weighted by atomic mass is 10.2. The molecule has 0 aliphatic heterocycles. The highest BCUT2D eigenvalue weighted by atomic mass is 19.3. The van der Waals surface area contributed by atoms with Crippen LogP contribution in [0.4, 0.5) is 20.3 Å². The number of para-hydroxylation sites is 2. The summed E-state index contributed by atoms with van der Waals surface area (Å²) in [5.74, 6) is -0.911. The number of carbonyl (C=O) groups is 1. The number of hydrogen-bond donors (Lipinski definition) is 2. The number of ether oxygens (including phenoxy) is 1. The lowest BCUT2D eigenvalue weighted by Gasteiger charge is -2.12. The van der Waals surface area contributed by atoms with E-state index in [4.69, 9.17) is 5.11 Å². The number of nitrogens with one attached hydrogen (secondary N) is 1. The van der Waals surface area contributed by atoms with Crippen molar-refractivity contribution < 1.29 is 23.4 Å². The molecule has 5 nitrogen and oxygen atoms in total. The zero-order chi connectivity index (χ0) is 15.4. The van der Waals surface area contributed by atoms with Crippen molar-refractivity contribution in [3.05, 3.63) is 47.7 Å². The molecule has 0 amide bonds. The Bertz CT molecular complexity index is 662. The summed E-state index contributed by atoms with van der Waals surface area (Å²) in [6.45, 7) is -1.31. The van der Waals surface area contributed by atoms with Crippen molar-refractivity contribution in [2.24, 2.45) is 0 Å². The molecule has 2 rings (SSSR count). The maximum absolute atomic E-state index is 12.3. The largest absolute Gasteiger partial charge is 0.478 e. The van der Waals surface area contributed by atoms with Crippen LogP contribution in [0.2, 0.25) is 0 Å². The number of halogens is 2. The lowest BCUT2D eigenvalue weighted by Crippen LogP contribution is -2.06. The first-order valence-corrected chi connectivity index (χ1v) is 5.98. The number of hydrogen-bond acceptors (Lipinski definition) is 4. The maximum Gasteiger partial charge on any atom is 0.387 e. The van der Waals surface area contributed by atoms with Crippen LogP contribution < -0.4 is 10.1 Å². The fourth-order valence-corrected chi connectivity index (χ4v) is 1.76. The summed E-state index contributed by atoms with van der Waals surface area (Å²) in [7, 11) is 0. The van der Waals surface area contributed by atoms with Gasteiger partial charge in [0.1, 0.15) is 11.6 Å². The van der Waals surface area contributed by atoms with Crippen LogP contribution in [-0.4, -0.2) is 22.7 Å². The van der Waals surface area contributed by atoms with Gasteiger partial charge in [-0.1, -0.05) is 12.1 Å². The summed E-state index contributed by atoms with van der Waals surface area (Å²) < 4.78 is 29.0. The minimum absolute atomic E-state index is 0.0484. The molecule has 0 saturated carbocycles. The number of nitrogens with zero attached hydrogens (tertiary/aromatic N) is 1. The smallest absolute Gasteiger partial charge is 0.387 e. The first kappa shape index (κ1) is 14.7. The second-order valence-corrected chi connectivity index (χ2v) is 4.19. The standard InChI is InChI=1S/C14H12F2N2O3/c1-8-6-9(13(19)20)7-12(17-8)18-10-4-2-3-5-11(10)21-14(15)16/h2-7,14H,1H3,(H,17,18)(H,19,20). The molecule has 0 spiro atoms. The molecular formula is C14H12F2N2O3. The van der Waals surface area contributed by atoms with Gasteiger partial charge in [-0.15, -0.1) is 0 Å². The molecule has 0 radical (unpaired) electrons. The number of aryl methyl sites for hydroxylation is 1. The van der Waals surface area contributed by atoms with Crippen LogP contribution in [0.25, 0.3) is 0 Å². The Morgan fingerprint density at radius 2 is 2.05 bits per heavy atom. The molecule has 21 heavy (non-hydrogen) atoms. The monoisotopic (exact) mass is 294 g/mol. The van der Waals surface area contributed by atoms with E-state index >= 15 is 0 Å². The van der Waals surface area contributed by atoms with Crippen LogP contribution >= 0.6 is 0 Å². The van der Waals surface area contributed by atoms with Gasteiger partial charge in [-0.05, 0) is 31.2 Å². The Morgan fingerprint density at radius 1 is 1.33 bits per heavy atom. The Hall–Kier alpha value is -2.70. The molecule has 7 heteroatoms. The SMILES string of the molecule is Cc1cc(C(=O)O)cc(Nc2ccccc2OC(F)F)n1. The number of rotatable bonds is 5. The lowest BCUT2D eigenvalue weighted by molar-refractivity contribution is -0.0493. The highest BCUT2D eigenvalue weighted by Crippen LogP contribution is 2.28. The third-order valence-electron chi connectivity index (χ3n) is 2.57. The molecule has 0 fully saturated rings. The second-order valence-electron chi connectivity index (χ2n) is 4.19. The van der Waals surface area contributed by atoms with Gasteiger partial charge >= 0.3 is 12.6 Å². The number of anilines is 2. The number of benzene rings is 1. The summed E-state index contributed by atoms with van der Waals surface area (Å²) in [4.78, 5) is 15.1. The second kappa shape index (κ2) is 6.17. The van der Waals surface area contributed by atoms with Gasteiger partial charge in [-0.2, -0.15) is 8.78 Å². The van der Waals surface area contributed by atoms with Gasteiger partial charge < -0.3 is 15.2 Å². The van der Waals surface area contributed by atoms with E-state index in [0.29, 0.717) is 5.69 Å². The minimum atomic E-state index is -2.95. The molecule has 0 aliphatic rings. The molecule has 2 N–H and O–H groups in total. The number of carboxylic acid groups (broad SMARTS) is 1. The number of pyridine rings is 1. The summed E-state index contributed by atoms with van der Waals surface area (Å²) in [5.41, 5.74) is 0.814. The van der Waals surface area contributed by atoms with Gasteiger partial charge in [-0.25, -0.2) is 9.78 Å². The molecule has 0 unspecified atom stereocenters. The Morgan fingerprint density at radius 3 is 2.71 bits per heavy atom. The van der Waals surface area contributed by atoms with E-state index in [0.717, 1.165) is 0 Å². The van der Waals surface area contributed by atoms with E-state index in [1.807, 2.05) is 0 Å². The third kappa shape index (κ3) is 3.88. The average Bonchev–Trinajstić information content (AvgIpc) is 2.39. The zero-order valence-corrected chi connectivity index (χ0v) is 11.0. The predicted molar refractivity (Wildman–Crippen MR) is 72.3 cm³/mol. The van der Waals surface area contributed by atoms with Crippen molar-refractivity contribution in [2.45, 2.75) is 13.5 Å². The van der Waals surface area contributed by atoms with E-state index in [1.165, 1.54) is 24.3 Å². The molecule has 0 atom stereocenters. The van der Waals surface area contributed by atoms with Crippen LogP contribution in [0.3, 0.4) is 0 Å². The quantitative estimate of drug-likeness (QED) is 0.884. The highest BCUT2D eigenvalue weighted by Gasteiger charge is 2.11. The van der Waals surface area contributed by atoms with Crippen LogP contribution in [0, 0.1) is 6.92 Å². The van der Waals surface area contributed by atoms with Crippen molar-refractivity contribution >= 4 is 17.5 Å². The fraction of sp³-hybridized carbons (Fsp3) is 0.143. The fourth-order valence-electron chi connectivity index (χ4n) is 1.76. The molecule has 1 aromatic heterocycles. The summed E-state index contributed by atoms with van der Waals surface area (Å²) in [6, 6.07) is 8.82. The van der Waals surface area contributed by atoms with Crippen molar-refractivity contribution in [3.63, 3.8) is 0 Å². The molecule has 2 aromatic rings. The highest BCUT2D eigenvalue weighted by molar-refractivity contribution is 5.89. The predicted octanol–water partition coefficient (Wildman–Crippen LogP) is 3.43. The Labute approximate surface area is 119 Å². The van der Waals surface area contributed by atoms with Crippen molar-refractivity contribution in [3.8, 4) is 5.75 Å². The first-order valence-electron chi connectivity index (χ1n) is 5.98. The third-order valence-corrected chi connectivity index (χ3v) is 2.57. The normalized spacial score (nSPS) is 10.5. The Balaban J connectivity index is 2.32. The average molecular weight is 294 g/mol. The molecule has 0 saturated heterocycles.